The molecule has 0 aromatic heterocycles. The summed E-state index contributed by atoms with van der Waals surface area (Å²) in [5.74, 6) is -2.24. The van der Waals surface area contributed by atoms with Crippen molar-refractivity contribution in [3.8, 4) is 6.07 Å². The molecule has 7 nitrogen and oxygen atoms in total. The molecule has 0 aliphatic carbocycles. The molecule has 1 aromatic rings. The molecule has 0 radical (unpaired) electrons. The molecule has 0 bridgehead atoms. The summed E-state index contributed by atoms with van der Waals surface area (Å²) in [4.78, 5) is 11.0. The van der Waals surface area contributed by atoms with Gasteiger partial charge in [-0.2, -0.15) is 5.26 Å². The number of benzene rings is 1. The molecule has 2 N–H and O–H groups in total. The SMILES string of the molecule is N#Cc1ccc(CS(=O)(=O)NC2COCC2C(=O)O)cc1. The van der Waals surface area contributed by atoms with Crippen LogP contribution < -0.4 is 4.72 Å². The minimum Gasteiger partial charge on any atom is -0.481 e. The van der Waals surface area contributed by atoms with Crippen molar-refractivity contribution >= 4 is 16.0 Å². The number of aliphatic carboxylic acids is 1. The standard InChI is InChI=1S/C13H14N2O5S/c14-5-9-1-3-10(4-2-9)8-21(18,19)15-12-7-20-6-11(12)13(16)17/h1-4,11-12,15H,6-8H2,(H,16,17). The van der Waals surface area contributed by atoms with Crippen molar-refractivity contribution in [1.82, 2.24) is 4.72 Å². The predicted molar refractivity (Wildman–Crippen MR) is 72.6 cm³/mol. The molecule has 0 saturated carbocycles. The topological polar surface area (TPSA) is 116 Å². The Morgan fingerprint density at radius 2 is 2.05 bits per heavy atom. The normalized spacial score (nSPS) is 21.9. The summed E-state index contributed by atoms with van der Waals surface area (Å²) in [5, 5.41) is 17.7. The molecule has 2 atom stereocenters. The molecular weight excluding hydrogens is 296 g/mol. The lowest BCUT2D eigenvalue weighted by molar-refractivity contribution is -0.142. The van der Waals surface area contributed by atoms with Crippen LogP contribution in [0.3, 0.4) is 0 Å². The summed E-state index contributed by atoms with van der Waals surface area (Å²) in [7, 11) is -3.68. The zero-order valence-corrected chi connectivity index (χ0v) is 11.8. The fourth-order valence-electron chi connectivity index (χ4n) is 2.08. The monoisotopic (exact) mass is 310 g/mol. The fourth-order valence-corrected chi connectivity index (χ4v) is 3.49. The Morgan fingerprint density at radius 3 is 2.62 bits per heavy atom. The van der Waals surface area contributed by atoms with Crippen molar-refractivity contribution in [2.75, 3.05) is 13.2 Å². The van der Waals surface area contributed by atoms with E-state index in [-0.39, 0.29) is 19.0 Å². The van der Waals surface area contributed by atoms with Crippen LogP contribution in [-0.4, -0.2) is 38.7 Å². The second-order valence-electron chi connectivity index (χ2n) is 4.77. The highest BCUT2D eigenvalue weighted by Gasteiger charge is 2.36. The van der Waals surface area contributed by atoms with Crippen LogP contribution in [0.15, 0.2) is 24.3 Å². The fraction of sp³-hybridized carbons (Fsp3) is 0.385. The zero-order valence-electron chi connectivity index (χ0n) is 11.0. The Labute approximate surface area is 122 Å². The van der Waals surface area contributed by atoms with E-state index < -0.39 is 28.0 Å². The van der Waals surface area contributed by atoms with Gasteiger partial charge in [0.05, 0.1) is 42.6 Å². The Hall–Kier alpha value is -1.95. The van der Waals surface area contributed by atoms with Crippen molar-refractivity contribution < 1.29 is 23.1 Å². The lowest BCUT2D eigenvalue weighted by Gasteiger charge is -2.15. The number of sulfonamides is 1. The summed E-state index contributed by atoms with van der Waals surface area (Å²) in [6.07, 6.45) is 0. The van der Waals surface area contributed by atoms with Gasteiger partial charge in [0, 0.05) is 0 Å². The van der Waals surface area contributed by atoms with Gasteiger partial charge in [-0.25, -0.2) is 13.1 Å². The van der Waals surface area contributed by atoms with Crippen LogP contribution in [0.5, 0.6) is 0 Å². The van der Waals surface area contributed by atoms with Crippen LogP contribution in [0, 0.1) is 17.2 Å². The molecule has 1 aliphatic heterocycles. The van der Waals surface area contributed by atoms with Crippen molar-refractivity contribution in [3.05, 3.63) is 35.4 Å². The molecule has 1 heterocycles. The van der Waals surface area contributed by atoms with Gasteiger partial charge < -0.3 is 9.84 Å². The second-order valence-corrected chi connectivity index (χ2v) is 6.53. The van der Waals surface area contributed by atoms with Gasteiger partial charge in [-0.1, -0.05) is 12.1 Å². The van der Waals surface area contributed by atoms with Gasteiger partial charge in [0.2, 0.25) is 10.0 Å². The molecule has 1 saturated heterocycles. The van der Waals surface area contributed by atoms with E-state index in [0.29, 0.717) is 11.1 Å². The summed E-state index contributed by atoms with van der Waals surface area (Å²) < 4.78 is 31.5. The molecule has 2 rings (SSSR count). The van der Waals surface area contributed by atoms with Crippen molar-refractivity contribution in [1.29, 1.82) is 5.26 Å². The van der Waals surface area contributed by atoms with Crippen molar-refractivity contribution in [2.24, 2.45) is 5.92 Å². The summed E-state index contributed by atoms with van der Waals surface area (Å²) in [6, 6.07) is 7.36. The third-order valence-electron chi connectivity index (χ3n) is 3.17. The highest BCUT2D eigenvalue weighted by Crippen LogP contribution is 2.16. The number of rotatable bonds is 5. The first-order chi connectivity index (χ1) is 9.91. The molecular formula is C13H14N2O5S. The Bertz CT molecular complexity index is 663. The molecule has 1 fully saturated rings. The maximum atomic E-state index is 12.1. The number of carboxylic acid groups (broad SMARTS) is 1. The number of ether oxygens (including phenoxy) is 1. The third-order valence-corrected chi connectivity index (χ3v) is 4.54. The van der Waals surface area contributed by atoms with Gasteiger partial charge in [0.25, 0.3) is 0 Å². The maximum Gasteiger partial charge on any atom is 0.310 e. The van der Waals surface area contributed by atoms with E-state index in [9.17, 15) is 13.2 Å². The van der Waals surface area contributed by atoms with E-state index in [4.69, 9.17) is 15.1 Å². The largest absolute Gasteiger partial charge is 0.481 e. The average molecular weight is 310 g/mol. The summed E-state index contributed by atoms with van der Waals surface area (Å²) >= 11 is 0. The van der Waals surface area contributed by atoms with E-state index in [2.05, 4.69) is 4.72 Å². The molecule has 1 aromatic carbocycles. The predicted octanol–water partition coefficient (Wildman–Crippen LogP) is 0.0773. The van der Waals surface area contributed by atoms with E-state index in [1.165, 1.54) is 12.1 Å². The highest BCUT2D eigenvalue weighted by molar-refractivity contribution is 7.88. The number of hydrogen-bond acceptors (Lipinski definition) is 5. The number of carboxylic acids is 1. The Morgan fingerprint density at radius 1 is 1.38 bits per heavy atom. The number of hydrogen-bond donors (Lipinski definition) is 2. The van der Waals surface area contributed by atoms with Gasteiger partial charge in [-0.05, 0) is 17.7 Å². The number of nitrogens with zero attached hydrogens (tertiary/aromatic N) is 1. The smallest absolute Gasteiger partial charge is 0.310 e. The van der Waals surface area contributed by atoms with E-state index in [0.717, 1.165) is 0 Å². The van der Waals surface area contributed by atoms with Gasteiger partial charge >= 0.3 is 5.97 Å². The Balaban J connectivity index is 2.04. The number of nitriles is 1. The van der Waals surface area contributed by atoms with Gasteiger partial charge in [0.15, 0.2) is 0 Å². The molecule has 8 heteroatoms. The van der Waals surface area contributed by atoms with Crippen LogP contribution >= 0.6 is 0 Å². The third kappa shape index (κ3) is 4.01. The molecule has 2 unspecified atom stereocenters. The highest BCUT2D eigenvalue weighted by atomic mass is 32.2. The van der Waals surface area contributed by atoms with E-state index >= 15 is 0 Å². The van der Waals surface area contributed by atoms with Crippen molar-refractivity contribution in [2.45, 2.75) is 11.8 Å². The first-order valence-corrected chi connectivity index (χ1v) is 7.86. The molecule has 21 heavy (non-hydrogen) atoms. The van der Waals surface area contributed by atoms with E-state index in [1.807, 2.05) is 6.07 Å². The summed E-state index contributed by atoms with van der Waals surface area (Å²) in [6.45, 7) is 0.0446. The van der Waals surface area contributed by atoms with Gasteiger partial charge in [0.1, 0.15) is 0 Å². The van der Waals surface area contributed by atoms with Crippen LogP contribution in [0.2, 0.25) is 0 Å². The molecule has 0 amide bonds. The van der Waals surface area contributed by atoms with Gasteiger partial charge in [-0.3, -0.25) is 4.79 Å². The average Bonchev–Trinajstić information content (AvgIpc) is 2.86. The first-order valence-electron chi connectivity index (χ1n) is 6.21. The van der Waals surface area contributed by atoms with Crippen LogP contribution in [-0.2, 0) is 25.3 Å². The maximum absolute atomic E-state index is 12.1. The van der Waals surface area contributed by atoms with E-state index in [1.54, 1.807) is 12.1 Å². The summed E-state index contributed by atoms with van der Waals surface area (Å²) in [5.41, 5.74) is 0.964. The molecule has 0 spiro atoms. The lowest BCUT2D eigenvalue weighted by atomic mass is 10.1. The van der Waals surface area contributed by atoms with Crippen LogP contribution in [0.25, 0.3) is 0 Å². The van der Waals surface area contributed by atoms with Crippen molar-refractivity contribution in [3.63, 3.8) is 0 Å². The quantitative estimate of drug-likeness (QED) is 0.795. The van der Waals surface area contributed by atoms with Crippen LogP contribution in [0.1, 0.15) is 11.1 Å². The lowest BCUT2D eigenvalue weighted by Crippen LogP contribution is -2.43. The zero-order chi connectivity index (χ0) is 15.5. The first kappa shape index (κ1) is 15.4. The Kier molecular flexibility index (Phi) is 4.57. The molecule has 112 valence electrons. The number of nitrogens with one attached hydrogen (secondary N) is 1. The second kappa shape index (κ2) is 6.22. The van der Waals surface area contributed by atoms with Gasteiger partial charge in [-0.15, -0.1) is 0 Å². The minimum absolute atomic E-state index is 0.000609. The number of carbonyl (C=O) groups is 1. The minimum atomic E-state index is -3.68. The molecule has 1 aliphatic rings. The van der Waals surface area contributed by atoms with Crippen LogP contribution in [0.4, 0.5) is 0 Å².